The first-order valence-electron chi connectivity index (χ1n) is 4.77. The SMILES string of the molecule is [CH2]Cc1ccc(C(=O)O)c2ccccc12. The highest BCUT2D eigenvalue weighted by atomic mass is 16.4. The fraction of sp³-hybridized carbons (Fsp3) is 0.0769. The number of rotatable bonds is 2. The molecule has 0 bridgehead atoms. The van der Waals surface area contributed by atoms with Crippen LogP contribution in [0.4, 0.5) is 0 Å². The number of carbonyl (C=O) groups is 1. The van der Waals surface area contributed by atoms with E-state index in [1.807, 2.05) is 30.3 Å². The van der Waals surface area contributed by atoms with Crippen molar-refractivity contribution in [3.63, 3.8) is 0 Å². The highest BCUT2D eigenvalue weighted by molar-refractivity contribution is 6.04. The van der Waals surface area contributed by atoms with Gasteiger partial charge in [0.05, 0.1) is 5.56 Å². The molecule has 1 radical (unpaired) electrons. The lowest BCUT2D eigenvalue weighted by molar-refractivity contribution is 0.0699. The van der Waals surface area contributed by atoms with Crippen LogP contribution >= 0.6 is 0 Å². The lowest BCUT2D eigenvalue weighted by Gasteiger charge is -2.06. The van der Waals surface area contributed by atoms with E-state index >= 15 is 0 Å². The molecule has 0 aliphatic carbocycles. The molecule has 0 amide bonds. The van der Waals surface area contributed by atoms with E-state index in [-0.39, 0.29) is 0 Å². The Hall–Kier alpha value is -1.83. The van der Waals surface area contributed by atoms with Gasteiger partial charge in [0.1, 0.15) is 0 Å². The van der Waals surface area contributed by atoms with Gasteiger partial charge >= 0.3 is 5.97 Å². The molecule has 2 rings (SSSR count). The molecule has 0 aliphatic heterocycles. The summed E-state index contributed by atoms with van der Waals surface area (Å²) in [6.07, 6.45) is 0.667. The molecule has 0 aliphatic rings. The zero-order valence-corrected chi connectivity index (χ0v) is 8.23. The second-order valence-electron chi connectivity index (χ2n) is 3.37. The first kappa shape index (κ1) is 9.71. The van der Waals surface area contributed by atoms with Gasteiger partial charge < -0.3 is 5.11 Å². The molecule has 2 aromatic rings. The second-order valence-corrected chi connectivity index (χ2v) is 3.37. The van der Waals surface area contributed by atoms with Gasteiger partial charge in [-0.15, -0.1) is 0 Å². The molecule has 0 spiro atoms. The summed E-state index contributed by atoms with van der Waals surface area (Å²) in [5.41, 5.74) is 1.43. The number of carboxylic acids is 1. The monoisotopic (exact) mass is 199 g/mol. The van der Waals surface area contributed by atoms with Crippen molar-refractivity contribution < 1.29 is 9.90 Å². The molecule has 0 heterocycles. The highest BCUT2D eigenvalue weighted by Gasteiger charge is 2.09. The van der Waals surface area contributed by atoms with Gasteiger partial charge in [0.2, 0.25) is 0 Å². The Kier molecular flexibility index (Phi) is 2.42. The minimum absolute atomic E-state index is 0.350. The van der Waals surface area contributed by atoms with Gasteiger partial charge in [0.25, 0.3) is 0 Å². The number of hydrogen-bond donors (Lipinski definition) is 1. The minimum atomic E-state index is -0.887. The topological polar surface area (TPSA) is 37.3 Å². The van der Waals surface area contributed by atoms with Crippen molar-refractivity contribution in [1.29, 1.82) is 0 Å². The molecular weight excluding hydrogens is 188 g/mol. The Balaban J connectivity index is 2.83. The van der Waals surface area contributed by atoms with Crippen LogP contribution < -0.4 is 0 Å². The molecule has 0 saturated heterocycles. The molecule has 1 N–H and O–H groups in total. The quantitative estimate of drug-likeness (QED) is 0.807. The molecule has 2 aromatic carbocycles. The molecule has 0 aromatic heterocycles. The van der Waals surface area contributed by atoms with Crippen LogP contribution in [-0.4, -0.2) is 11.1 Å². The van der Waals surface area contributed by atoms with E-state index in [0.717, 1.165) is 16.3 Å². The average molecular weight is 199 g/mol. The second kappa shape index (κ2) is 3.73. The van der Waals surface area contributed by atoms with Crippen LogP contribution in [0.5, 0.6) is 0 Å². The first-order chi connectivity index (χ1) is 7.24. The van der Waals surface area contributed by atoms with E-state index in [1.165, 1.54) is 0 Å². The van der Waals surface area contributed by atoms with E-state index < -0.39 is 5.97 Å². The Bertz CT molecular complexity index is 515. The molecule has 2 nitrogen and oxygen atoms in total. The lowest BCUT2D eigenvalue weighted by Crippen LogP contribution is -1.98. The summed E-state index contributed by atoms with van der Waals surface area (Å²) < 4.78 is 0. The van der Waals surface area contributed by atoms with Gasteiger partial charge in [-0.1, -0.05) is 30.3 Å². The van der Waals surface area contributed by atoms with E-state index in [9.17, 15) is 4.79 Å². The normalized spacial score (nSPS) is 10.5. The predicted molar refractivity (Wildman–Crippen MR) is 60.0 cm³/mol. The van der Waals surface area contributed by atoms with Gasteiger partial charge in [0.15, 0.2) is 0 Å². The van der Waals surface area contributed by atoms with Crippen LogP contribution in [0.3, 0.4) is 0 Å². The van der Waals surface area contributed by atoms with Crippen molar-refractivity contribution in [2.24, 2.45) is 0 Å². The van der Waals surface area contributed by atoms with E-state index in [2.05, 4.69) is 6.92 Å². The highest BCUT2D eigenvalue weighted by Crippen LogP contribution is 2.23. The summed E-state index contributed by atoms with van der Waals surface area (Å²) in [4.78, 5) is 11.0. The number of carboxylic acid groups (broad SMARTS) is 1. The van der Waals surface area contributed by atoms with Gasteiger partial charge in [-0.05, 0) is 35.7 Å². The summed E-state index contributed by atoms with van der Waals surface area (Å²) in [6, 6.07) is 11.0. The van der Waals surface area contributed by atoms with Crippen molar-refractivity contribution in [2.45, 2.75) is 6.42 Å². The maximum absolute atomic E-state index is 11.0. The van der Waals surface area contributed by atoms with E-state index in [1.54, 1.807) is 6.07 Å². The molecule has 0 fully saturated rings. The minimum Gasteiger partial charge on any atom is -0.478 e. The maximum Gasteiger partial charge on any atom is 0.336 e. The van der Waals surface area contributed by atoms with Crippen LogP contribution in [0.1, 0.15) is 15.9 Å². The third-order valence-corrected chi connectivity index (χ3v) is 2.51. The van der Waals surface area contributed by atoms with Gasteiger partial charge in [-0.3, -0.25) is 0 Å². The number of hydrogen-bond acceptors (Lipinski definition) is 1. The van der Waals surface area contributed by atoms with Crippen molar-refractivity contribution in [3.8, 4) is 0 Å². The van der Waals surface area contributed by atoms with E-state index in [0.29, 0.717) is 12.0 Å². The number of aromatic carboxylic acids is 1. The zero-order valence-electron chi connectivity index (χ0n) is 8.23. The van der Waals surface area contributed by atoms with Crippen LogP contribution in [0.25, 0.3) is 10.8 Å². The van der Waals surface area contributed by atoms with Crippen LogP contribution in [0.15, 0.2) is 36.4 Å². The molecule has 0 atom stereocenters. The standard InChI is InChI=1S/C13H11O2/c1-2-9-7-8-12(13(14)15)11-6-4-3-5-10(9)11/h3-8H,1-2H2,(H,14,15). The molecule has 0 unspecified atom stereocenters. The van der Waals surface area contributed by atoms with Crippen molar-refractivity contribution in [3.05, 3.63) is 54.4 Å². The molecule has 15 heavy (non-hydrogen) atoms. The number of benzene rings is 2. The predicted octanol–water partition coefficient (Wildman–Crippen LogP) is 2.91. The summed E-state index contributed by atoms with van der Waals surface area (Å²) in [5.74, 6) is -0.887. The zero-order chi connectivity index (χ0) is 10.8. The first-order valence-corrected chi connectivity index (χ1v) is 4.77. The van der Waals surface area contributed by atoms with Gasteiger partial charge in [-0.2, -0.15) is 0 Å². The fourth-order valence-corrected chi connectivity index (χ4v) is 1.77. The third kappa shape index (κ3) is 1.59. The fourth-order valence-electron chi connectivity index (χ4n) is 1.77. The Morgan fingerprint density at radius 2 is 1.80 bits per heavy atom. The number of fused-ring (bicyclic) bond motifs is 1. The Morgan fingerprint density at radius 3 is 2.40 bits per heavy atom. The molecule has 2 heteroatoms. The molecule has 0 saturated carbocycles. The molecule has 75 valence electrons. The maximum atomic E-state index is 11.0. The van der Waals surface area contributed by atoms with Crippen molar-refractivity contribution in [1.82, 2.24) is 0 Å². The van der Waals surface area contributed by atoms with Crippen LogP contribution in [-0.2, 0) is 6.42 Å². The Labute approximate surface area is 88.2 Å². The summed E-state index contributed by atoms with van der Waals surface area (Å²) in [6.45, 7) is 3.83. The summed E-state index contributed by atoms with van der Waals surface area (Å²) in [5, 5.41) is 10.8. The third-order valence-electron chi connectivity index (χ3n) is 2.51. The molecular formula is C13H11O2. The lowest BCUT2D eigenvalue weighted by atomic mass is 9.98. The Morgan fingerprint density at radius 1 is 1.13 bits per heavy atom. The van der Waals surface area contributed by atoms with Crippen molar-refractivity contribution >= 4 is 16.7 Å². The largest absolute Gasteiger partial charge is 0.478 e. The van der Waals surface area contributed by atoms with Crippen LogP contribution in [0, 0.1) is 6.92 Å². The van der Waals surface area contributed by atoms with E-state index in [4.69, 9.17) is 5.11 Å². The summed E-state index contributed by atoms with van der Waals surface area (Å²) >= 11 is 0. The summed E-state index contributed by atoms with van der Waals surface area (Å²) in [7, 11) is 0. The smallest absolute Gasteiger partial charge is 0.336 e. The van der Waals surface area contributed by atoms with Gasteiger partial charge in [-0.25, -0.2) is 4.79 Å². The van der Waals surface area contributed by atoms with Crippen molar-refractivity contribution in [2.75, 3.05) is 0 Å². The average Bonchev–Trinajstić information content (AvgIpc) is 2.27. The van der Waals surface area contributed by atoms with Gasteiger partial charge in [0, 0.05) is 0 Å². The van der Waals surface area contributed by atoms with Crippen LogP contribution in [0.2, 0.25) is 0 Å².